The molecule has 230 valence electrons. The van der Waals surface area contributed by atoms with Gasteiger partial charge < -0.3 is 20.0 Å². The number of aromatic nitrogens is 3. The highest BCUT2D eigenvalue weighted by Gasteiger charge is 2.36. The van der Waals surface area contributed by atoms with Crippen LogP contribution in [0.1, 0.15) is 54.9 Å². The maximum absolute atomic E-state index is 13.2. The van der Waals surface area contributed by atoms with E-state index in [9.17, 15) is 9.59 Å². The van der Waals surface area contributed by atoms with Crippen molar-refractivity contribution in [2.75, 3.05) is 50.5 Å². The van der Waals surface area contributed by atoms with Crippen LogP contribution >= 0.6 is 0 Å². The number of aryl methyl sites for hydroxylation is 1. The van der Waals surface area contributed by atoms with Crippen molar-refractivity contribution in [3.05, 3.63) is 84.1 Å². The molecule has 0 spiro atoms. The number of likely N-dealkylation sites (tertiary alicyclic amines) is 1. The van der Waals surface area contributed by atoms with Crippen molar-refractivity contribution in [1.29, 1.82) is 0 Å². The number of ketones is 1. The first-order valence-corrected chi connectivity index (χ1v) is 15.8. The Balaban J connectivity index is 1.07. The van der Waals surface area contributed by atoms with Gasteiger partial charge in [-0.25, -0.2) is 4.52 Å². The van der Waals surface area contributed by atoms with E-state index < -0.39 is 0 Å². The number of hydrogen-bond acceptors (Lipinski definition) is 7. The van der Waals surface area contributed by atoms with Crippen LogP contribution in [0, 0.1) is 5.41 Å². The summed E-state index contributed by atoms with van der Waals surface area (Å²) in [6, 6.07) is 22.1. The van der Waals surface area contributed by atoms with Crippen LogP contribution in [-0.2, 0) is 11.2 Å². The first kappa shape index (κ1) is 29.8. The summed E-state index contributed by atoms with van der Waals surface area (Å²) in [5, 5.41) is 7.97. The van der Waals surface area contributed by atoms with E-state index in [2.05, 4.69) is 52.4 Å². The van der Waals surface area contributed by atoms with Crippen LogP contribution in [0.15, 0.2) is 72.9 Å². The average Bonchev–Trinajstić information content (AvgIpc) is 3.47. The lowest BCUT2D eigenvalue weighted by Crippen LogP contribution is -2.44. The van der Waals surface area contributed by atoms with E-state index in [0.717, 1.165) is 75.3 Å². The number of nitrogens with zero attached hydrogens (tertiary/aromatic N) is 6. The number of anilines is 3. The van der Waals surface area contributed by atoms with Gasteiger partial charge in [0.25, 0.3) is 5.91 Å². The van der Waals surface area contributed by atoms with Gasteiger partial charge in [-0.1, -0.05) is 37.3 Å². The van der Waals surface area contributed by atoms with Gasteiger partial charge in [0.1, 0.15) is 5.78 Å². The second kappa shape index (κ2) is 12.8. The Morgan fingerprint density at radius 1 is 0.955 bits per heavy atom. The van der Waals surface area contributed by atoms with E-state index in [1.165, 1.54) is 5.56 Å². The minimum atomic E-state index is -0.299. The largest absolute Gasteiger partial charge is 0.368 e. The van der Waals surface area contributed by atoms with Crippen LogP contribution < -0.4 is 10.2 Å². The Bertz CT molecular complexity index is 1580. The Labute approximate surface area is 259 Å². The molecule has 0 aliphatic carbocycles. The number of nitrogens with one attached hydrogen (secondary N) is 1. The van der Waals surface area contributed by atoms with Crippen LogP contribution in [0.25, 0.3) is 5.65 Å². The molecule has 1 amide bonds. The summed E-state index contributed by atoms with van der Waals surface area (Å²) in [4.78, 5) is 37.7. The molecule has 2 aliphatic rings. The second-order valence-corrected chi connectivity index (χ2v) is 12.7. The van der Waals surface area contributed by atoms with Crippen LogP contribution in [-0.4, -0.2) is 82.4 Å². The van der Waals surface area contributed by atoms with Gasteiger partial charge in [-0.15, -0.1) is 5.10 Å². The number of Topliss-reactive ketones (excluding diaryl/α,β-unsaturated/α-hetero) is 1. The molecule has 2 aromatic heterocycles. The van der Waals surface area contributed by atoms with Gasteiger partial charge in [-0.2, -0.15) is 4.98 Å². The zero-order valence-corrected chi connectivity index (χ0v) is 26.1. The van der Waals surface area contributed by atoms with E-state index in [1.54, 1.807) is 4.52 Å². The molecule has 2 aromatic carbocycles. The smallest absolute Gasteiger partial charge is 0.253 e. The van der Waals surface area contributed by atoms with Gasteiger partial charge in [0.05, 0.1) is 5.69 Å². The average molecular weight is 594 g/mol. The quantitative estimate of drug-likeness (QED) is 0.276. The molecule has 0 atom stereocenters. The molecule has 2 fully saturated rings. The van der Waals surface area contributed by atoms with E-state index in [-0.39, 0.29) is 17.4 Å². The molecule has 2 aliphatic heterocycles. The lowest BCUT2D eigenvalue weighted by molar-refractivity contribution is -0.129. The topological polar surface area (TPSA) is 86.1 Å². The zero-order chi connectivity index (χ0) is 30.7. The van der Waals surface area contributed by atoms with Gasteiger partial charge in [0.15, 0.2) is 5.65 Å². The fourth-order valence-corrected chi connectivity index (χ4v) is 6.49. The SMILES string of the molecule is CN1CCC(N(C)C(=O)c2ccc(Nc3nc4c(N5CCC(C)(C(=O)CCc6ccccc6)CC5)cccn4n3)cc2)CC1. The van der Waals surface area contributed by atoms with Crippen molar-refractivity contribution in [1.82, 2.24) is 24.4 Å². The summed E-state index contributed by atoms with van der Waals surface area (Å²) in [6.45, 7) is 5.76. The molecule has 0 bridgehead atoms. The van der Waals surface area contributed by atoms with Gasteiger partial charge >= 0.3 is 0 Å². The summed E-state index contributed by atoms with van der Waals surface area (Å²) >= 11 is 0. The summed E-state index contributed by atoms with van der Waals surface area (Å²) in [5.41, 5.74) is 4.21. The number of piperidine rings is 2. The van der Waals surface area contributed by atoms with Crippen molar-refractivity contribution in [3.8, 4) is 0 Å². The molecular formula is C35H43N7O2. The number of amides is 1. The molecule has 1 N–H and O–H groups in total. The maximum Gasteiger partial charge on any atom is 0.253 e. The fourth-order valence-electron chi connectivity index (χ4n) is 6.49. The van der Waals surface area contributed by atoms with E-state index >= 15 is 0 Å². The molecule has 44 heavy (non-hydrogen) atoms. The van der Waals surface area contributed by atoms with E-state index in [0.29, 0.717) is 23.7 Å². The third kappa shape index (κ3) is 6.48. The number of carbonyl (C=O) groups is 2. The predicted molar refractivity (Wildman–Crippen MR) is 175 cm³/mol. The minimum Gasteiger partial charge on any atom is -0.368 e. The number of pyridine rings is 1. The molecule has 2 saturated heterocycles. The minimum absolute atomic E-state index is 0.0529. The fraction of sp³-hybridized carbons (Fsp3) is 0.429. The predicted octanol–water partition coefficient (Wildman–Crippen LogP) is 5.45. The highest BCUT2D eigenvalue weighted by molar-refractivity contribution is 5.94. The van der Waals surface area contributed by atoms with Gasteiger partial charge in [0, 0.05) is 55.5 Å². The Hall–Kier alpha value is -4.24. The van der Waals surface area contributed by atoms with Crippen LogP contribution in [0.5, 0.6) is 0 Å². The lowest BCUT2D eigenvalue weighted by atomic mass is 9.75. The summed E-state index contributed by atoms with van der Waals surface area (Å²) in [7, 11) is 4.04. The molecule has 9 nitrogen and oxygen atoms in total. The standard InChI is InChI=1S/C35H43N7O2/c1-35(31(43)16-11-26-8-5-4-6-9-26)19-24-41(25-20-35)30-10-7-21-42-32(30)37-34(38-42)36-28-14-12-27(13-15-28)33(44)40(3)29-17-22-39(2)23-18-29/h4-10,12-15,21,29H,11,16-20,22-25H2,1-3H3,(H,36,38). The lowest BCUT2D eigenvalue weighted by Gasteiger charge is -2.39. The number of carbonyl (C=O) groups excluding carboxylic acids is 2. The second-order valence-electron chi connectivity index (χ2n) is 12.7. The van der Waals surface area contributed by atoms with Gasteiger partial charge in [0.2, 0.25) is 5.95 Å². The first-order valence-electron chi connectivity index (χ1n) is 15.8. The summed E-state index contributed by atoms with van der Waals surface area (Å²) in [6.07, 6.45) is 6.92. The van der Waals surface area contributed by atoms with E-state index in [1.807, 2.05) is 66.7 Å². The summed E-state index contributed by atoms with van der Waals surface area (Å²) < 4.78 is 1.80. The Morgan fingerprint density at radius 2 is 1.66 bits per heavy atom. The molecule has 0 saturated carbocycles. The van der Waals surface area contributed by atoms with Crippen LogP contribution in [0.4, 0.5) is 17.3 Å². The first-order chi connectivity index (χ1) is 21.3. The van der Waals surface area contributed by atoms with Crippen molar-refractivity contribution in [2.45, 2.75) is 51.5 Å². The van der Waals surface area contributed by atoms with Crippen molar-refractivity contribution >= 4 is 34.7 Å². The molecular weight excluding hydrogens is 550 g/mol. The maximum atomic E-state index is 13.2. The van der Waals surface area contributed by atoms with Crippen molar-refractivity contribution < 1.29 is 9.59 Å². The van der Waals surface area contributed by atoms with Gasteiger partial charge in [-0.3, -0.25) is 9.59 Å². The van der Waals surface area contributed by atoms with Crippen molar-refractivity contribution in [3.63, 3.8) is 0 Å². The third-order valence-electron chi connectivity index (χ3n) is 9.65. The molecule has 4 heterocycles. The molecule has 4 aromatic rings. The monoisotopic (exact) mass is 593 g/mol. The summed E-state index contributed by atoms with van der Waals surface area (Å²) in [5.74, 6) is 0.907. The Morgan fingerprint density at radius 3 is 2.36 bits per heavy atom. The highest BCUT2D eigenvalue weighted by atomic mass is 16.2. The molecule has 0 unspecified atom stereocenters. The van der Waals surface area contributed by atoms with Gasteiger partial charge in [-0.05, 0) is 94.2 Å². The third-order valence-corrected chi connectivity index (χ3v) is 9.65. The van der Waals surface area contributed by atoms with E-state index in [4.69, 9.17) is 4.98 Å². The number of rotatable bonds is 9. The normalized spacial score (nSPS) is 17.5. The molecule has 6 rings (SSSR count). The number of benzene rings is 2. The van der Waals surface area contributed by atoms with Crippen LogP contribution in [0.3, 0.4) is 0 Å². The number of fused-ring (bicyclic) bond motifs is 1. The molecule has 0 radical (unpaired) electrons. The van der Waals surface area contributed by atoms with Crippen molar-refractivity contribution in [2.24, 2.45) is 5.41 Å². The highest BCUT2D eigenvalue weighted by Crippen LogP contribution is 2.36. The van der Waals surface area contributed by atoms with Crippen LogP contribution in [0.2, 0.25) is 0 Å². The number of hydrogen-bond donors (Lipinski definition) is 1. The zero-order valence-electron chi connectivity index (χ0n) is 26.1. The Kier molecular flexibility index (Phi) is 8.66. The molecule has 9 heteroatoms.